The molecule has 0 radical (unpaired) electrons. The Labute approximate surface area is 76.8 Å². The van der Waals surface area contributed by atoms with Crippen molar-refractivity contribution in [1.29, 1.82) is 0 Å². The van der Waals surface area contributed by atoms with Crippen molar-refractivity contribution in [1.82, 2.24) is 0 Å². The van der Waals surface area contributed by atoms with E-state index in [-0.39, 0.29) is 12.8 Å². The SMILES string of the molecule is CS(=O)(=O)OC1(C(=O)O)CCCC1. The van der Waals surface area contributed by atoms with Crippen molar-refractivity contribution in [2.24, 2.45) is 0 Å². The topological polar surface area (TPSA) is 80.7 Å². The lowest BCUT2D eigenvalue weighted by molar-refractivity contribution is -0.154. The first-order valence-electron chi connectivity index (χ1n) is 4.00. The van der Waals surface area contributed by atoms with Crippen molar-refractivity contribution in [3.8, 4) is 0 Å². The van der Waals surface area contributed by atoms with Gasteiger partial charge in [-0.1, -0.05) is 0 Å². The van der Waals surface area contributed by atoms with Gasteiger partial charge in [0.15, 0.2) is 5.60 Å². The Morgan fingerprint density at radius 3 is 2.15 bits per heavy atom. The first-order valence-corrected chi connectivity index (χ1v) is 5.81. The molecule has 0 saturated heterocycles. The van der Waals surface area contributed by atoms with Crippen LogP contribution < -0.4 is 0 Å². The zero-order valence-electron chi connectivity index (χ0n) is 7.32. The number of aliphatic carboxylic acids is 1. The van der Waals surface area contributed by atoms with Crippen molar-refractivity contribution >= 4 is 16.1 Å². The van der Waals surface area contributed by atoms with E-state index in [4.69, 9.17) is 5.11 Å². The van der Waals surface area contributed by atoms with Gasteiger partial charge in [0.25, 0.3) is 10.1 Å². The van der Waals surface area contributed by atoms with E-state index in [0.29, 0.717) is 12.8 Å². The van der Waals surface area contributed by atoms with Crippen molar-refractivity contribution in [3.05, 3.63) is 0 Å². The van der Waals surface area contributed by atoms with Crippen LogP contribution in [-0.4, -0.2) is 31.4 Å². The van der Waals surface area contributed by atoms with Gasteiger partial charge in [-0.15, -0.1) is 0 Å². The highest BCUT2D eigenvalue weighted by Gasteiger charge is 2.45. The maximum atomic E-state index is 10.8. The Hall–Kier alpha value is -0.620. The Morgan fingerprint density at radius 1 is 1.38 bits per heavy atom. The summed E-state index contributed by atoms with van der Waals surface area (Å²) in [6.07, 6.45) is 2.81. The minimum Gasteiger partial charge on any atom is -0.479 e. The van der Waals surface area contributed by atoms with E-state index in [1.165, 1.54) is 0 Å². The molecule has 1 rings (SSSR count). The molecule has 1 N–H and O–H groups in total. The summed E-state index contributed by atoms with van der Waals surface area (Å²) in [5.74, 6) is -1.18. The van der Waals surface area contributed by atoms with E-state index < -0.39 is 21.7 Å². The summed E-state index contributed by atoms with van der Waals surface area (Å²) < 4.78 is 26.2. The molecule has 0 atom stereocenters. The molecule has 76 valence electrons. The maximum absolute atomic E-state index is 10.8. The first kappa shape index (κ1) is 10.5. The molecule has 13 heavy (non-hydrogen) atoms. The minimum atomic E-state index is -3.69. The molecule has 0 aromatic rings. The standard InChI is InChI=1S/C7H12O5S/c1-13(10,11)12-7(6(8)9)4-2-3-5-7/h2-5H2,1H3,(H,8,9). The van der Waals surface area contributed by atoms with Crippen LogP contribution in [0.1, 0.15) is 25.7 Å². The summed E-state index contributed by atoms with van der Waals surface area (Å²) in [5.41, 5.74) is -1.49. The van der Waals surface area contributed by atoms with Crippen LogP contribution in [0.4, 0.5) is 0 Å². The Balaban J connectivity index is 2.86. The lowest BCUT2D eigenvalue weighted by Crippen LogP contribution is -2.40. The van der Waals surface area contributed by atoms with Gasteiger partial charge < -0.3 is 5.11 Å². The molecule has 0 aliphatic heterocycles. The summed E-state index contributed by atoms with van der Waals surface area (Å²) in [5, 5.41) is 8.84. The summed E-state index contributed by atoms with van der Waals surface area (Å²) in [7, 11) is -3.69. The van der Waals surface area contributed by atoms with Crippen LogP contribution >= 0.6 is 0 Å². The van der Waals surface area contributed by atoms with E-state index >= 15 is 0 Å². The number of carboxylic acids is 1. The van der Waals surface area contributed by atoms with Crippen LogP contribution in [0.15, 0.2) is 0 Å². The highest BCUT2D eigenvalue weighted by Crippen LogP contribution is 2.34. The van der Waals surface area contributed by atoms with Crippen LogP contribution in [0.5, 0.6) is 0 Å². The molecule has 5 nitrogen and oxygen atoms in total. The molecule has 0 heterocycles. The summed E-state index contributed by atoms with van der Waals surface area (Å²) >= 11 is 0. The summed E-state index contributed by atoms with van der Waals surface area (Å²) in [6.45, 7) is 0. The monoisotopic (exact) mass is 208 g/mol. The molecule has 0 aromatic heterocycles. The third-order valence-corrected chi connectivity index (χ3v) is 2.73. The van der Waals surface area contributed by atoms with Crippen LogP contribution in [-0.2, 0) is 19.1 Å². The van der Waals surface area contributed by atoms with Gasteiger partial charge in [-0.2, -0.15) is 8.42 Å². The minimum absolute atomic E-state index is 0.273. The second-order valence-electron chi connectivity index (χ2n) is 3.29. The predicted octanol–water partition coefficient (Wildman–Crippen LogP) is 0.360. The Bertz CT molecular complexity index is 299. The van der Waals surface area contributed by atoms with E-state index in [9.17, 15) is 13.2 Å². The van der Waals surface area contributed by atoms with E-state index in [1.807, 2.05) is 0 Å². The molecule has 0 unspecified atom stereocenters. The van der Waals surface area contributed by atoms with Gasteiger partial charge in [-0.3, -0.25) is 4.18 Å². The van der Waals surface area contributed by atoms with Crippen LogP contribution in [0.3, 0.4) is 0 Å². The second kappa shape index (κ2) is 3.26. The van der Waals surface area contributed by atoms with Gasteiger partial charge >= 0.3 is 5.97 Å². The highest BCUT2D eigenvalue weighted by atomic mass is 32.2. The quantitative estimate of drug-likeness (QED) is 0.677. The largest absolute Gasteiger partial charge is 0.479 e. The van der Waals surface area contributed by atoms with Crippen molar-refractivity contribution in [3.63, 3.8) is 0 Å². The number of carbonyl (C=O) groups is 1. The van der Waals surface area contributed by atoms with Gasteiger partial charge in [0, 0.05) is 0 Å². The molecule has 0 bridgehead atoms. The smallest absolute Gasteiger partial charge is 0.337 e. The number of carboxylic acid groups (broad SMARTS) is 1. The average Bonchev–Trinajstić information content (AvgIpc) is 2.33. The predicted molar refractivity (Wildman–Crippen MR) is 44.8 cm³/mol. The van der Waals surface area contributed by atoms with Crippen LogP contribution in [0, 0.1) is 0 Å². The average molecular weight is 208 g/mol. The van der Waals surface area contributed by atoms with E-state index in [1.54, 1.807) is 0 Å². The van der Waals surface area contributed by atoms with Gasteiger partial charge in [-0.05, 0) is 25.7 Å². The molecule has 1 aliphatic rings. The normalized spacial score (nSPS) is 21.6. The number of hydrogen-bond acceptors (Lipinski definition) is 4. The van der Waals surface area contributed by atoms with Gasteiger partial charge in [0.05, 0.1) is 6.26 Å². The fourth-order valence-corrected chi connectivity index (χ4v) is 2.39. The molecule has 0 amide bonds. The third kappa shape index (κ3) is 2.41. The van der Waals surface area contributed by atoms with E-state index in [2.05, 4.69) is 4.18 Å². The molecule has 0 spiro atoms. The van der Waals surface area contributed by atoms with Crippen molar-refractivity contribution in [2.45, 2.75) is 31.3 Å². The van der Waals surface area contributed by atoms with E-state index in [0.717, 1.165) is 6.26 Å². The van der Waals surface area contributed by atoms with Crippen molar-refractivity contribution < 1.29 is 22.5 Å². The fourth-order valence-electron chi connectivity index (χ4n) is 1.57. The summed E-state index contributed by atoms with van der Waals surface area (Å²) in [4.78, 5) is 10.8. The lowest BCUT2D eigenvalue weighted by atomic mass is 10.0. The third-order valence-electron chi connectivity index (χ3n) is 2.11. The molecule has 1 saturated carbocycles. The molecule has 1 aliphatic carbocycles. The van der Waals surface area contributed by atoms with Gasteiger partial charge in [-0.25, -0.2) is 4.79 Å². The Kier molecular flexibility index (Phi) is 2.63. The number of rotatable bonds is 3. The second-order valence-corrected chi connectivity index (χ2v) is 4.87. The summed E-state index contributed by atoms with van der Waals surface area (Å²) in [6, 6.07) is 0. The lowest BCUT2D eigenvalue weighted by Gasteiger charge is -2.21. The first-order chi connectivity index (χ1) is 5.86. The Morgan fingerprint density at radius 2 is 1.85 bits per heavy atom. The zero-order chi connectivity index (χ0) is 10.1. The highest BCUT2D eigenvalue weighted by molar-refractivity contribution is 7.86. The van der Waals surface area contributed by atoms with Gasteiger partial charge in [0.1, 0.15) is 0 Å². The van der Waals surface area contributed by atoms with Crippen LogP contribution in [0.25, 0.3) is 0 Å². The fraction of sp³-hybridized carbons (Fsp3) is 0.857. The van der Waals surface area contributed by atoms with Crippen molar-refractivity contribution in [2.75, 3.05) is 6.26 Å². The molecular formula is C7H12O5S. The number of hydrogen-bond donors (Lipinski definition) is 1. The molecular weight excluding hydrogens is 196 g/mol. The molecule has 6 heteroatoms. The zero-order valence-corrected chi connectivity index (χ0v) is 8.13. The van der Waals surface area contributed by atoms with Crippen LogP contribution in [0.2, 0.25) is 0 Å². The molecule has 1 fully saturated rings. The molecule has 0 aromatic carbocycles. The maximum Gasteiger partial charge on any atom is 0.337 e. The van der Waals surface area contributed by atoms with Gasteiger partial charge in [0.2, 0.25) is 0 Å².